The number of nitrogens with one attached hydrogen (secondary N) is 2. The summed E-state index contributed by atoms with van der Waals surface area (Å²) in [6, 6.07) is 15.0. The lowest BCUT2D eigenvalue weighted by Gasteiger charge is -2.20. The van der Waals surface area contributed by atoms with Gasteiger partial charge in [0.15, 0.2) is 0 Å². The molecular formula is C23H28N2O3S. The molecule has 154 valence electrons. The number of hydrogen-bond acceptors (Lipinski definition) is 4. The summed E-state index contributed by atoms with van der Waals surface area (Å²) in [6.45, 7) is 2.55. The van der Waals surface area contributed by atoms with E-state index in [2.05, 4.69) is 10.6 Å². The van der Waals surface area contributed by atoms with Crippen LogP contribution < -0.4 is 15.4 Å². The van der Waals surface area contributed by atoms with Gasteiger partial charge in [0.25, 0.3) is 0 Å². The van der Waals surface area contributed by atoms with Crippen LogP contribution in [-0.2, 0) is 9.59 Å². The largest absolute Gasteiger partial charge is 0.494 e. The maximum atomic E-state index is 12.4. The van der Waals surface area contributed by atoms with Gasteiger partial charge in [-0.05, 0) is 62.2 Å². The van der Waals surface area contributed by atoms with E-state index in [9.17, 15) is 9.59 Å². The van der Waals surface area contributed by atoms with Crippen molar-refractivity contribution in [3.05, 3.63) is 48.5 Å². The van der Waals surface area contributed by atoms with Gasteiger partial charge in [0.1, 0.15) is 5.75 Å². The van der Waals surface area contributed by atoms with Crippen LogP contribution in [0.4, 0.5) is 11.4 Å². The highest BCUT2D eigenvalue weighted by Crippen LogP contribution is 2.26. The molecule has 0 unspecified atom stereocenters. The molecule has 1 saturated carbocycles. The molecule has 6 heteroatoms. The van der Waals surface area contributed by atoms with Crippen molar-refractivity contribution in [3.63, 3.8) is 0 Å². The van der Waals surface area contributed by atoms with Crippen LogP contribution in [0.2, 0.25) is 0 Å². The van der Waals surface area contributed by atoms with Gasteiger partial charge < -0.3 is 15.4 Å². The first-order chi connectivity index (χ1) is 14.1. The Labute approximate surface area is 176 Å². The van der Waals surface area contributed by atoms with E-state index < -0.39 is 0 Å². The highest BCUT2D eigenvalue weighted by Gasteiger charge is 2.21. The molecule has 5 nitrogen and oxygen atoms in total. The minimum atomic E-state index is -0.0733. The Morgan fingerprint density at radius 1 is 1.00 bits per heavy atom. The molecule has 0 bridgehead atoms. The zero-order valence-electron chi connectivity index (χ0n) is 16.8. The molecule has 2 aromatic rings. The first-order valence-corrected chi connectivity index (χ1v) is 11.2. The SMILES string of the molecule is CCOc1ccc(NC(=O)CSc2cccc(NC(=O)C3CCCCC3)c2)cc1. The number of benzene rings is 2. The summed E-state index contributed by atoms with van der Waals surface area (Å²) in [7, 11) is 0. The van der Waals surface area contributed by atoms with E-state index in [0.29, 0.717) is 12.4 Å². The molecule has 1 aliphatic carbocycles. The van der Waals surface area contributed by atoms with Crippen LogP contribution in [0.25, 0.3) is 0 Å². The van der Waals surface area contributed by atoms with Crippen molar-refractivity contribution in [2.75, 3.05) is 23.0 Å². The molecule has 2 aromatic carbocycles. The lowest BCUT2D eigenvalue weighted by atomic mass is 9.88. The number of carbonyl (C=O) groups is 2. The third kappa shape index (κ3) is 6.82. The third-order valence-electron chi connectivity index (χ3n) is 4.90. The molecule has 29 heavy (non-hydrogen) atoms. The van der Waals surface area contributed by atoms with E-state index >= 15 is 0 Å². The van der Waals surface area contributed by atoms with Gasteiger partial charge in [-0.15, -0.1) is 11.8 Å². The summed E-state index contributed by atoms with van der Waals surface area (Å²) in [5.74, 6) is 1.25. The number of ether oxygens (including phenoxy) is 1. The second-order valence-electron chi connectivity index (χ2n) is 7.15. The molecule has 1 aliphatic rings. The lowest BCUT2D eigenvalue weighted by Crippen LogP contribution is -2.24. The molecule has 3 rings (SSSR count). The van der Waals surface area contributed by atoms with Crippen LogP contribution in [0.3, 0.4) is 0 Å². The van der Waals surface area contributed by atoms with Gasteiger partial charge in [0.2, 0.25) is 11.8 Å². The van der Waals surface area contributed by atoms with Crippen LogP contribution in [0.15, 0.2) is 53.4 Å². The Kier molecular flexibility index (Phi) is 7.99. The fourth-order valence-corrected chi connectivity index (χ4v) is 4.17. The Morgan fingerprint density at radius 2 is 1.76 bits per heavy atom. The van der Waals surface area contributed by atoms with Gasteiger partial charge in [-0.1, -0.05) is 25.3 Å². The van der Waals surface area contributed by atoms with Crippen molar-refractivity contribution >= 4 is 35.0 Å². The summed E-state index contributed by atoms with van der Waals surface area (Å²) in [5.41, 5.74) is 1.53. The molecule has 0 radical (unpaired) electrons. The van der Waals surface area contributed by atoms with Crippen molar-refractivity contribution in [3.8, 4) is 5.75 Å². The third-order valence-corrected chi connectivity index (χ3v) is 5.89. The Balaban J connectivity index is 1.48. The quantitative estimate of drug-likeness (QED) is 0.575. The van der Waals surface area contributed by atoms with Crippen LogP contribution in [0.5, 0.6) is 5.75 Å². The fourth-order valence-electron chi connectivity index (χ4n) is 3.42. The number of amides is 2. The molecule has 0 heterocycles. The van der Waals surface area contributed by atoms with E-state index in [1.165, 1.54) is 18.2 Å². The molecular weight excluding hydrogens is 384 g/mol. The summed E-state index contributed by atoms with van der Waals surface area (Å²) in [4.78, 5) is 25.6. The summed E-state index contributed by atoms with van der Waals surface area (Å²) in [6.07, 6.45) is 5.46. The van der Waals surface area contributed by atoms with Gasteiger partial charge in [-0.2, -0.15) is 0 Å². The van der Waals surface area contributed by atoms with Crippen LogP contribution in [-0.4, -0.2) is 24.2 Å². The first-order valence-electron chi connectivity index (χ1n) is 10.2. The first kappa shape index (κ1) is 21.2. The predicted molar refractivity (Wildman–Crippen MR) is 119 cm³/mol. The summed E-state index contributed by atoms with van der Waals surface area (Å²) in [5, 5.41) is 5.92. The number of hydrogen-bond donors (Lipinski definition) is 2. The zero-order chi connectivity index (χ0) is 20.5. The Hall–Kier alpha value is -2.47. The second-order valence-corrected chi connectivity index (χ2v) is 8.20. The minimum Gasteiger partial charge on any atom is -0.494 e. The number of rotatable bonds is 8. The Bertz CT molecular complexity index is 817. The maximum Gasteiger partial charge on any atom is 0.234 e. The lowest BCUT2D eigenvalue weighted by molar-refractivity contribution is -0.120. The van der Waals surface area contributed by atoms with E-state index in [1.54, 1.807) is 0 Å². The van der Waals surface area contributed by atoms with Gasteiger partial charge >= 0.3 is 0 Å². The molecule has 0 atom stereocenters. The summed E-state index contributed by atoms with van der Waals surface area (Å²) >= 11 is 1.45. The van der Waals surface area contributed by atoms with E-state index in [0.717, 1.165) is 47.7 Å². The van der Waals surface area contributed by atoms with Crippen molar-refractivity contribution in [1.29, 1.82) is 0 Å². The van der Waals surface area contributed by atoms with Crippen molar-refractivity contribution in [2.45, 2.75) is 43.9 Å². The topological polar surface area (TPSA) is 67.4 Å². The van der Waals surface area contributed by atoms with Crippen molar-refractivity contribution in [1.82, 2.24) is 0 Å². The Morgan fingerprint density at radius 3 is 2.48 bits per heavy atom. The average Bonchev–Trinajstić information content (AvgIpc) is 2.75. The molecule has 0 saturated heterocycles. The maximum absolute atomic E-state index is 12.4. The predicted octanol–water partition coefficient (Wildman–Crippen LogP) is 5.33. The number of carbonyl (C=O) groups excluding carboxylic acids is 2. The molecule has 2 N–H and O–H groups in total. The molecule has 2 amide bonds. The fraction of sp³-hybridized carbons (Fsp3) is 0.391. The van der Waals surface area contributed by atoms with Gasteiger partial charge in [0.05, 0.1) is 12.4 Å². The molecule has 0 aromatic heterocycles. The minimum absolute atomic E-state index is 0.0733. The number of thioether (sulfide) groups is 1. The van der Waals surface area contributed by atoms with Crippen LogP contribution >= 0.6 is 11.8 Å². The van der Waals surface area contributed by atoms with Crippen LogP contribution in [0.1, 0.15) is 39.0 Å². The monoisotopic (exact) mass is 412 g/mol. The number of anilines is 2. The molecule has 1 fully saturated rings. The highest BCUT2D eigenvalue weighted by atomic mass is 32.2. The standard InChI is InChI=1S/C23H28N2O3S/c1-2-28-20-13-11-18(12-14-20)24-22(26)16-29-21-10-6-9-19(15-21)25-23(27)17-7-4-3-5-8-17/h6,9-15,17H,2-5,7-8,16H2,1H3,(H,24,26)(H,25,27). The van der Waals surface area contributed by atoms with E-state index in [-0.39, 0.29) is 17.7 Å². The zero-order valence-corrected chi connectivity index (χ0v) is 17.6. The van der Waals surface area contributed by atoms with Crippen molar-refractivity contribution in [2.24, 2.45) is 5.92 Å². The smallest absolute Gasteiger partial charge is 0.234 e. The normalized spacial score (nSPS) is 14.2. The van der Waals surface area contributed by atoms with Gasteiger partial charge in [0, 0.05) is 22.2 Å². The van der Waals surface area contributed by atoms with E-state index in [1.807, 2.05) is 55.5 Å². The van der Waals surface area contributed by atoms with E-state index in [4.69, 9.17) is 4.74 Å². The molecule has 0 aliphatic heterocycles. The van der Waals surface area contributed by atoms with Gasteiger partial charge in [-0.25, -0.2) is 0 Å². The van der Waals surface area contributed by atoms with Gasteiger partial charge in [-0.3, -0.25) is 9.59 Å². The van der Waals surface area contributed by atoms with Crippen LogP contribution in [0, 0.1) is 5.92 Å². The summed E-state index contributed by atoms with van der Waals surface area (Å²) < 4.78 is 5.40. The van der Waals surface area contributed by atoms with Crippen molar-refractivity contribution < 1.29 is 14.3 Å². The second kappa shape index (κ2) is 10.9. The average molecular weight is 413 g/mol. The molecule has 0 spiro atoms. The highest BCUT2D eigenvalue weighted by molar-refractivity contribution is 8.00.